The van der Waals surface area contributed by atoms with E-state index < -0.39 is 10.0 Å². The summed E-state index contributed by atoms with van der Waals surface area (Å²) in [4.78, 5) is 13.3. The lowest BCUT2D eigenvalue weighted by Gasteiger charge is -2.24. The van der Waals surface area contributed by atoms with Gasteiger partial charge in [-0.25, -0.2) is 8.42 Å². The first kappa shape index (κ1) is 21.1. The van der Waals surface area contributed by atoms with Gasteiger partial charge < -0.3 is 10.1 Å². The average Bonchev–Trinajstić information content (AvgIpc) is 3.16. The van der Waals surface area contributed by atoms with E-state index in [1.807, 2.05) is 26.0 Å². The highest BCUT2D eigenvalue weighted by Gasteiger charge is 2.27. The first-order chi connectivity index (χ1) is 13.3. The molecule has 0 fully saturated rings. The summed E-state index contributed by atoms with van der Waals surface area (Å²) in [6, 6.07) is 8.74. The Morgan fingerprint density at radius 2 is 2.04 bits per heavy atom. The number of amides is 1. The van der Waals surface area contributed by atoms with Crippen LogP contribution in [-0.4, -0.2) is 38.3 Å². The molecule has 0 saturated heterocycles. The number of hydrogen-bond acceptors (Lipinski definition) is 5. The molecule has 1 atom stereocenters. The molecule has 28 heavy (non-hydrogen) atoms. The molecule has 1 N–H and O–H groups in total. The van der Waals surface area contributed by atoms with Gasteiger partial charge in [-0.2, -0.15) is 4.31 Å². The standard InChI is InChI=1S/C19H23ClN2O4S2/c1-3-22(4-2)28(24,25)18-8-6-16(27-18)11-21-19(23)14-9-13-10-15(20)5-7-17(13)26-12-14/h5-8,10,14H,3-4,9,11-12H2,1-2H3,(H,21,23)/t14-/m1/s1. The van der Waals surface area contributed by atoms with Gasteiger partial charge in [0.05, 0.1) is 12.5 Å². The molecular weight excluding hydrogens is 420 g/mol. The maximum atomic E-state index is 12.6. The van der Waals surface area contributed by atoms with Crippen LogP contribution in [0.3, 0.4) is 0 Å². The molecule has 6 nitrogen and oxygen atoms in total. The van der Waals surface area contributed by atoms with Crippen molar-refractivity contribution in [3.8, 4) is 5.75 Å². The molecule has 2 heterocycles. The van der Waals surface area contributed by atoms with E-state index >= 15 is 0 Å². The predicted molar refractivity (Wildman–Crippen MR) is 110 cm³/mol. The minimum Gasteiger partial charge on any atom is -0.492 e. The molecule has 0 aliphatic carbocycles. The fourth-order valence-electron chi connectivity index (χ4n) is 3.13. The van der Waals surface area contributed by atoms with Crippen LogP contribution in [0.25, 0.3) is 0 Å². The zero-order chi connectivity index (χ0) is 20.3. The van der Waals surface area contributed by atoms with Crippen LogP contribution in [0.4, 0.5) is 0 Å². The lowest BCUT2D eigenvalue weighted by Crippen LogP contribution is -2.36. The molecule has 3 rings (SSSR count). The molecule has 2 aromatic rings. The van der Waals surface area contributed by atoms with Crippen molar-refractivity contribution >= 4 is 38.9 Å². The molecule has 9 heteroatoms. The van der Waals surface area contributed by atoms with Gasteiger partial charge in [0.1, 0.15) is 16.6 Å². The van der Waals surface area contributed by atoms with Crippen molar-refractivity contribution in [3.05, 3.63) is 45.8 Å². The molecule has 0 saturated carbocycles. The molecule has 0 spiro atoms. The van der Waals surface area contributed by atoms with Crippen LogP contribution in [0, 0.1) is 5.92 Å². The minimum absolute atomic E-state index is 0.118. The Bertz CT molecular complexity index is 955. The van der Waals surface area contributed by atoms with Gasteiger partial charge in [-0.3, -0.25) is 4.79 Å². The van der Waals surface area contributed by atoms with Gasteiger partial charge in [0, 0.05) is 23.0 Å². The number of rotatable bonds is 7. The summed E-state index contributed by atoms with van der Waals surface area (Å²) in [7, 11) is -3.47. The average molecular weight is 443 g/mol. The second kappa shape index (κ2) is 8.82. The summed E-state index contributed by atoms with van der Waals surface area (Å²) < 4.78 is 32.5. The van der Waals surface area contributed by atoms with Gasteiger partial charge >= 0.3 is 0 Å². The third kappa shape index (κ3) is 4.51. The Labute approximate surface area is 174 Å². The molecule has 0 bridgehead atoms. The number of carbonyl (C=O) groups excluding carboxylic acids is 1. The van der Waals surface area contributed by atoms with Crippen LogP contribution in [0.15, 0.2) is 34.5 Å². The number of nitrogens with one attached hydrogen (secondary N) is 1. The molecule has 1 amide bonds. The molecule has 0 radical (unpaired) electrons. The quantitative estimate of drug-likeness (QED) is 0.713. The number of hydrogen-bond donors (Lipinski definition) is 1. The monoisotopic (exact) mass is 442 g/mol. The highest BCUT2D eigenvalue weighted by Crippen LogP contribution is 2.30. The number of fused-ring (bicyclic) bond motifs is 1. The lowest BCUT2D eigenvalue weighted by atomic mass is 9.96. The van der Waals surface area contributed by atoms with Crippen molar-refractivity contribution in [2.45, 2.75) is 31.0 Å². The predicted octanol–water partition coefficient (Wildman–Crippen LogP) is 3.30. The van der Waals surface area contributed by atoms with E-state index in [1.165, 1.54) is 15.6 Å². The SMILES string of the molecule is CCN(CC)S(=O)(=O)c1ccc(CNC(=O)[C@H]2COc3ccc(Cl)cc3C2)s1. The second-order valence-electron chi connectivity index (χ2n) is 6.49. The third-order valence-electron chi connectivity index (χ3n) is 4.67. The fourth-order valence-corrected chi connectivity index (χ4v) is 6.24. The molecule has 1 aliphatic heterocycles. The van der Waals surface area contributed by atoms with Crippen LogP contribution in [0.2, 0.25) is 5.02 Å². The smallest absolute Gasteiger partial charge is 0.252 e. The summed E-state index contributed by atoms with van der Waals surface area (Å²) in [6.07, 6.45) is 0.563. The van der Waals surface area contributed by atoms with E-state index in [1.54, 1.807) is 18.2 Å². The Kier molecular flexibility index (Phi) is 6.65. The van der Waals surface area contributed by atoms with Crippen LogP contribution in [0.1, 0.15) is 24.3 Å². The number of halogens is 1. The first-order valence-electron chi connectivity index (χ1n) is 9.13. The number of thiophene rings is 1. The highest BCUT2D eigenvalue weighted by atomic mass is 35.5. The maximum Gasteiger partial charge on any atom is 0.252 e. The van der Waals surface area contributed by atoms with E-state index in [2.05, 4.69) is 5.32 Å². The maximum absolute atomic E-state index is 12.6. The highest BCUT2D eigenvalue weighted by molar-refractivity contribution is 7.91. The van der Waals surface area contributed by atoms with Crippen molar-refractivity contribution in [1.29, 1.82) is 0 Å². The van der Waals surface area contributed by atoms with Gasteiger partial charge in [0.25, 0.3) is 10.0 Å². The van der Waals surface area contributed by atoms with E-state index in [-0.39, 0.29) is 18.4 Å². The summed E-state index contributed by atoms with van der Waals surface area (Å²) >= 11 is 7.21. The van der Waals surface area contributed by atoms with Crippen LogP contribution < -0.4 is 10.1 Å². The summed E-state index contributed by atoms with van der Waals surface area (Å²) in [5.41, 5.74) is 0.919. The van der Waals surface area contributed by atoms with E-state index in [9.17, 15) is 13.2 Å². The third-order valence-corrected chi connectivity index (χ3v) is 8.51. The number of nitrogens with zero attached hydrogens (tertiary/aromatic N) is 1. The Morgan fingerprint density at radius 3 is 2.75 bits per heavy atom. The number of ether oxygens (including phenoxy) is 1. The van der Waals surface area contributed by atoms with Gasteiger partial charge in [0.15, 0.2) is 0 Å². The topological polar surface area (TPSA) is 75.7 Å². The molecular formula is C19H23ClN2O4S2. The first-order valence-corrected chi connectivity index (χ1v) is 11.8. The van der Waals surface area contributed by atoms with Crippen molar-refractivity contribution in [1.82, 2.24) is 9.62 Å². The number of sulfonamides is 1. The molecule has 152 valence electrons. The molecule has 1 aromatic heterocycles. The number of carbonyl (C=O) groups is 1. The Balaban J connectivity index is 1.61. The van der Waals surface area contributed by atoms with E-state index in [0.717, 1.165) is 16.2 Å². The summed E-state index contributed by atoms with van der Waals surface area (Å²) in [5.74, 6) is 0.343. The fraction of sp³-hybridized carbons (Fsp3) is 0.421. The molecule has 1 aliphatic rings. The molecule has 0 unspecified atom stereocenters. The largest absolute Gasteiger partial charge is 0.492 e. The van der Waals surface area contributed by atoms with Crippen molar-refractivity contribution < 1.29 is 17.9 Å². The zero-order valence-electron chi connectivity index (χ0n) is 15.8. The van der Waals surface area contributed by atoms with Crippen LogP contribution in [0.5, 0.6) is 5.75 Å². The second-order valence-corrected chi connectivity index (χ2v) is 10.3. The van der Waals surface area contributed by atoms with Crippen LogP contribution >= 0.6 is 22.9 Å². The van der Waals surface area contributed by atoms with Crippen LogP contribution in [-0.2, 0) is 27.8 Å². The van der Waals surface area contributed by atoms with Gasteiger partial charge in [-0.15, -0.1) is 11.3 Å². The Morgan fingerprint density at radius 1 is 1.29 bits per heavy atom. The van der Waals surface area contributed by atoms with E-state index in [4.69, 9.17) is 16.3 Å². The van der Waals surface area contributed by atoms with Crippen molar-refractivity contribution in [2.75, 3.05) is 19.7 Å². The minimum atomic E-state index is -3.47. The molecule has 1 aromatic carbocycles. The summed E-state index contributed by atoms with van der Waals surface area (Å²) in [6.45, 7) is 5.08. The Hall–Kier alpha value is -1.61. The van der Waals surface area contributed by atoms with Gasteiger partial charge in [-0.1, -0.05) is 25.4 Å². The van der Waals surface area contributed by atoms with Gasteiger partial charge in [0.2, 0.25) is 5.91 Å². The van der Waals surface area contributed by atoms with Crippen molar-refractivity contribution in [3.63, 3.8) is 0 Å². The zero-order valence-corrected chi connectivity index (χ0v) is 18.2. The summed E-state index contributed by atoms with van der Waals surface area (Å²) in [5, 5.41) is 3.50. The lowest BCUT2D eigenvalue weighted by molar-refractivity contribution is -0.126. The van der Waals surface area contributed by atoms with E-state index in [0.29, 0.717) is 35.3 Å². The normalized spacial score (nSPS) is 16.5. The van der Waals surface area contributed by atoms with Gasteiger partial charge in [-0.05, 0) is 42.3 Å². The van der Waals surface area contributed by atoms with Crippen molar-refractivity contribution in [2.24, 2.45) is 5.92 Å². The number of benzene rings is 1.